The second kappa shape index (κ2) is 9.00. The number of nitrogens with zero attached hydrogens (tertiary/aromatic N) is 5. The van der Waals surface area contributed by atoms with Crippen LogP contribution in [-0.2, 0) is 20.0 Å². The average Bonchev–Trinajstić information content (AvgIpc) is 3.61. The van der Waals surface area contributed by atoms with Gasteiger partial charge in [-0.3, -0.25) is 4.40 Å². The van der Waals surface area contributed by atoms with E-state index in [0.717, 1.165) is 11.1 Å². The van der Waals surface area contributed by atoms with E-state index in [1.807, 2.05) is 24.3 Å². The van der Waals surface area contributed by atoms with Crippen molar-refractivity contribution in [2.45, 2.75) is 54.9 Å². The number of benzene rings is 2. The molecular formula is C26H26N6O4S2. The van der Waals surface area contributed by atoms with Crippen molar-refractivity contribution in [3.8, 4) is 0 Å². The quantitative estimate of drug-likeness (QED) is 0.342. The third kappa shape index (κ3) is 4.18. The summed E-state index contributed by atoms with van der Waals surface area (Å²) in [6, 6.07) is 14.9. The van der Waals surface area contributed by atoms with Crippen LogP contribution >= 0.6 is 0 Å². The smallest absolute Gasteiger partial charge is 0.269 e. The Labute approximate surface area is 220 Å². The van der Waals surface area contributed by atoms with Crippen molar-refractivity contribution >= 4 is 36.9 Å². The largest absolute Gasteiger partial charge is 0.274 e. The van der Waals surface area contributed by atoms with Crippen LogP contribution in [0.25, 0.3) is 16.8 Å². The summed E-state index contributed by atoms with van der Waals surface area (Å²) in [7, 11) is -7.51. The lowest BCUT2D eigenvalue weighted by molar-refractivity contribution is 0.546. The van der Waals surface area contributed by atoms with Gasteiger partial charge in [0.05, 0.1) is 21.5 Å². The molecule has 0 bridgehead atoms. The van der Waals surface area contributed by atoms with E-state index < -0.39 is 20.0 Å². The third-order valence-electron chi connectivity index (χ3n) is 7.06. The minimum absolute atomic E-state index is 0.0575. The maximum atomic E-state index is 13.4. The van der Waals surface area contributed by atoms with Gasteiger partial charge < -0.3 is 0 Å². The number of sulfonamides is 1. The molecule has 1 N–H and O–H groups in total. The molecule has 12 heteroatoms. The molecule has 2 aromatic carbocycles. The standard InChI is InChI=1S/C26H26N6O4S2/c1-17-6-10-21(11-7-17)38(35,36)31-13-12-23-26(31)27-16-24-28-29-25(32(23)24)19-8-9-20(15-19)30-37(33,34)22-5-3-4-18(2)14-22/h3-7,10-14,16,19-20,30H,8-9,15H2,1-2H3/t19-,20+/m1/s1. The van der Waals surface area contributed by atoms with Crippen LogP contribution in [0.4, 0.5) is 0 Å². The molecule has 2 atom stereocenters. The van der Waals surface area contributed by atoms with E-state index in [1.54, 1.807) is 48.5 Å². The molecule has 0 unspecified atom stereocenters. The van der Waals surface area contributed by atoms with Gasteiger partial charge in [-0.2, -0.15) is 0 Å². The molecule has 6 rings (SSSR count). The van der Waals surface area contributed by atoms with Crippen molar-refractivity contribution in [2.24, 2.45) is 0 Å². The molecule has 0 aliphatic heterocycles. The van der Waals surface area contributed by atoms with Crippen LogP contribution in [0, 0.1) is 13.8 Å². The lowest BCUT2D eigenvalue weighted by atomic mass is 10.1. The number of rotatable bonds is 6. The van der Waals surface area contributed by atoms with Crippen molar-refractivity contribution in [3.63, 3.8) is 0 Å². The summed E-state index contributed by atoms with van der Waals surface area (Å²) in [6.45, 7) is 3.75. The average molecular weight is 551 g/mol. The Morgan fingerprint density at radius 2 is 1.68 bits per heavy atom. The van der Waals surface area contributed by atoms with Crippen molar-refractivity contribution in [1.29, 1.82) is 0 Å². The molecule has 1 saturated carbocycles. The van der Waals surface area contributed by atoms with Crippen LogP contribution in [0.5, 0.6) is 0 Å². The van der Waals surface area contributed by atoms with Crippen molar-refractivity contribution < 1.29 is 16.8 Å². The third-order valence-corrected chi connectivity index (χ3v) is 10.3. The first-order valence-electron chi connectivity index (χ1n) is 12.3. The summed E-state index contributed by atoms with van der Waals surface area (Å²) in [4.78, 5) is 4.81. The van der Waals surface area contributed by atoms with E-state index in [2.05, 4.69) is 19.9 Å². The van der Waals surface area contributed by atoms with Gasteiger partial charge in [-0.25, -0.2) is 30.5 Å². The molecule has 0 radical (unpaired) electrons. The van der Waals surface area contributed by atoms with Crippen LogP contribution in [0.1, 0.15) is 42.1 Å². The SMILES string of the molecule is Cc1ccc(S(=O)(=O)n2ccc3c2ncc2nnc([C@@H]4CC[C@H](NS(=O)(=O)c5cccc(C)c5)C4)n23)cc1. The molecule has 1 fully saturated rings. The van der Waals surface area contributed by atoms with Crippen LogP contribution in [0.15, 0.2) is 76.8 Å². The Kier molecular flexibility index (Phi) is 5.85. The summed E-state index contributed by atoms with van der Waals surface area (Å²) in [5, 5.41) is 8.67. The monoisotopic (exact) mass is 550 g/mol. The summed E-state index contributed by atoms with van der Waals surface area (Å²) in [5.41, 5.74) is 3.19. The first-order valence-corrected chi connectivity index (χ1v) is 15.2. The highest BCUT2D eigenvalue weighted by atomic mass is 32.2. The molecule has 5 aromatic rings. The van der Waals surface area contributed by atoms with E-state index in [1.165, 1.54) is 16.4 Å². The number of aryl methyl sites for hydroxylation is 2. The molecule has 0 spiro atoms. The van der Waals surface area contributed by atoms with E-state index in [0.29, 0.717) is 36.3 Å². The summed E-state index contributed by atoms with van der Waals surface area (Å²) >= 11 is 0. The normalized spacial score (nSPS) is 18.5. The molecule has 1 aliphatic rings. The second-order valence-electron chi connectivity index (χ2n) is 9.79. The molecule has 1 aliphatic carbocycles. The Hall–Kier alpha value is -3.61. The zero-order chi connectivity index (χ0) is 26.7. The van der Waals surface area contributed by atoms with Gasteiger partial charge in [-0.1, -0.05) is 29.8 Å². The lowest BCUT2D eigenvalue weighted by Crippen LogP contribution is -2.33. The van der Waals surface area contributed by atoms with E-state index in [4.69, 9.17) is 0 Å². The van der Waals surface area contributed by atoms with Gasteiger partial charge in [0.2, 0.25) is 10.0 Å². The van der Waals surface area contributed by atoms with E-state index in [9.17, 15) is 16.8 Å². The van der Waals surface area contributed by atoms with Gasteiger partial charge in [0.25, 0.3) is 10.0 Å². The van der Waals surface area contributed by atoms with Crippen molar-refractivity contribution in [3.05, 3.63) is 83.9 Å². The van der Waals surface area contributed by atoms with Crippen LogP contribution < -0.4 is 4.72 Å². The van der Waals surface area contributed by atoms with E-state index >= 15 is 0 Å². The minimum atomic E-state index is -3.86. The number of hydrogen-bond acceptors (Lipinski definition) is 7. The Bertz CT molecular complexity index is 1890. The predicted octanol–water partition coefficient (Wildman–Crippen LogP) is 3.55. The molecular weight excluding hydrogens is 524 g/mol. The summed E-state index contributed by atoms with van der Waals surface area (Å²) in [5.74, 6) is 0.605. The number of aromatic nitrogens is 5. The van der Waals surface area contributed by atoms with Gasteiger partial charge in [0.1, 0.15) is 5.82 Å². The predicted molar refractivity (Wildman–Crippen MR) is 142 cm³/mol. The minimum Gasteiger partial charge on any atom is -0.274 e. The molecule has 0 amide bonds. The molecule has 10 nitrogen and oxygen atoms in total. The second-order valence-corrected chi connectivity index (χ2v) is 13.3. The molecule has 38 heavy (non-hydrogen) atoms. The van der Waals surface area contributed by atoms with E-state index in [-0.39, 0.29) is 27.4 Å². The highest BCUT2D eigenvalue weighted by Gasteiger charge is 2.33. The number of fused-ring (bicyclic) bond motifs is 3. The molecule has 3 heterocycles. The van der Waals surface area contributed by atoms with Crippen LogP contribution in [-0.4, -0.2) is 46.4 Å². The molecule has 3 aromatic heterocycles. The first-order chi connectivity index (χ1) is 18.1. The Morgan fingerprint density at radius 1 is 0.895 bits per heavy atom. The van der Waals surface area contributed by atoms with Gasteiger partial charge in [0, 0.05) is 18.2 Å². The van der Waals surface area contributed by atoms with Crippen molar-refractivity contribution in [2.75, 3.05) is 0 Å². The fourth-order valence-electron chi connectivity index (χ4n) is 5.13. The highest BCUT2D eigenvalue weighted by molar-refractivity contribution is 7.90. The van der Waals surface area contributed by atoms with Crippen LogP contribution in [0.3, 0.4) is 0 Å². The van der Waals surface area contributed by atoms with Gasteiger partial charge in [-0.15, -0.1) is 10.2 Å². The Balaban J connectivity index is 1.32. The van der Waals surface area contributed by atoms with Gasteiger partial charge in [-0.05, 0) is 69.0 Å². The summed E-state index contributed by atoms with van der Waals surface area (Å²) in [6.07, 6.45) is 4.92. The zero-order valence-corrected chi connectivity index (χ0v) is 22.4. The van der Waals surface area contributed by atoms with Gasteiger partial charge in [0.15, 0.2) is 11.3 Å². The molecule has 196 valence electrons. The van der Waals surface area contributed by atoms with Gasteiger partial charge >= 0.3 is 0 Å². The number of hydrogen-bond donors (Lipinski definition) is 1. The number of nitrogens with one attached hydrogen (secondary N) is 1. The fraction of sp³-hybridized carbons (Fsp3) is 0.269. The molecule has 0 saturated heterocycles. The van der Waals surface area contributed by atoms with Crippen molar-refractivity contribution in [1.82, 2.24) is 28.3 Å². The summed E-state index contributed by atoms with van der Waals surface area (Å²) < 4.78 is 58.5. The van der Waals surface area contributed by atoms with Crippen LogP contribution in [0.2, 0.25) is 0 Å². The highest BCUT2D eigenvalue weighted by Crippen LogP contribution is 2.35. The zero-order valence-electron chi connectivity index (χ0n) is 20.8. The lowest BCUT2D eigenvalue weighted by Gasteiger charge is -2.14. The Morgan fingerprint density at radius 3 is 2.45 bits per heavy atom. The maximum Gasteiger partial charge on any atom is 0.269 e. The topological polar surface area (TPSA) is 128 Å². The first kappa shape index (κ1) is 24.7. The maximum absolute atomic E-state index is 13.4. The fourth-order valence-corrected chi connectivity index (χ4v) is 7.81.